The Hall–Kier alpha value is -2.74. The van der Waals surface area contributed by atoms with Crippen molar-refractivity contribution in [3.8, 4) is 0 Å². The molecule has 7 nitrogen and oxygen atoms in total. The molecule has 0 aliphatic rings. The van der Waals surface area contributed by atoms with E-state index in [1.54, 1.807) is 48.8 Å². The van der Waals surface area contributed by atoms with Gasteiger partial charge in [-0.05, 0) is 48.9 Å². The number of benzene rings is 1. The van der Waals surface area contributed by atoms with Crippen LogP contribution in [-0.2, 0) is 21.4 Å². The van der Waals surface area contributed by atoms with Crippen molar-refractivity contribution in [1.82, 2.24) is 10.3 Å². The topological polar surface area (TPSA) is 96.4 Å². The van der Waals surface area contributed by atoms with E-state index >= 15 is 0 Å². The molecular weight excluding hydrogens is 354 g/mol. The predicted molar refractivity (Wildman–Crippen MR) is 99.3 cm³/mol. The number of amides is 1. The molecule has 0 aliphatic heterocycles. The number of ketones is 1. The summed E-state index contributed by atoms with van der Waals surface area (Å²) in [6, 6.07) is 9.84. The summed E-state index contributed by atoms with van der Waals surface area (Å²) in [6.45, 7) is 1.81. The minimum Gasteiger partial charge on any atom is -0.352 e. The number of sulfonamides is 1. The quantitative estimate of drug-likeness (QED) is 0.709. The maximum atomic E-state index is 12.1. The van der Waals surface area contributed by atoms with Crippen molar-refractivity contribution >= 4 is 27.4 Å². The molecule has 2 rings (SSSR count). The normalized spacial score (nSPS) is 11.0. The molecule has 0 bridgehead atoms. The lowest BCUT2D eigenvalue weighted by Gasteiger charge is -2.22. The number of pyridine rings is 1. The Labute approximate surface area is 153 Å². The second-order valence-electron chi connectivity index (χ2n) is 5.82. The maximum Gasteiger partial charge on any atom is 0.232 e. The summed E-state index contributed by atoms with van der Waals surface area (Å²) < 4.78 is 25.3. The summed E-state index contributed by atoms with van der Waals surface area (Å²) in [5.74, 6) is -0.353. The Morgan fingerprint density at radius 1 is 1.08 bits per heavy atom. The van der Waals surface area contributed by atoms with Gasteiger partial charge in [-0.3, -0.25) is 18.9 Å². The second-order valence-corrected chi connectivity index (χ2v) is 7.73. The third-order valence-corrected chi connectivity index (χ3v) is 4.94. The van der Waals surface area contributed by atoms with E-state index in [4.69, 9.17) is 0 Å². The SMILES string of the molecule is CC(=O)c1ccc(N(CCC(=O)NCc2ccncc2)S(C)(=O)=O)cc1. The molecule has 8 heteroatoms. The van der Waals surface area contributed by atoms with Gasteiger partial charge in [-0.2, -0.15) is 0 Å². The van der Waals surface area contributed by atoms with Crippen molar-refractivity contribution in [1.29, 1.82) is 0 Å². The summed E-state index contributed by atoms with van der Waals surface area (Å²) in [7, 11) is -3.55. The van der Waals surface area contributed by atoms with Crippen LogP contribution < -0.4 is 9.62 Å². The van der Waals surface area contributed by atoms with Crippen molar-refractivity contribution in [2.75, 3.05) is 17.1 Å². The first-order valence-electron chi connectivity index (χ1n) is 8.01. The fraction of sp³-hybridized carbons (Fsp3) is 0.278. The number of anilines is 1. The highest BCUT2D eigenvalue weighted by molar-refractivity contribution is 7.92. The first kappa shape index (κ1) is 19.6. The second kappa shape index (κ2) is 8.57. The zero-order chi connectivity index (χ0) is 19.2. The number of nitrogens with one attached hydrogen (secondary N) is 1. The molecule has 0 spiro atoms. The van der Waals surface area contributed by atoms with Crippen LogP contribution in [-0.4, -0.2) is 37.9 Å². The van der Waals surface area contributed by atoms with Crippen LogP contribution >= 0.6 is 0 Å². The van der Waals surface area contributed by atoms with Gasteiger partial charge < -0.3 is 5.32 Å². The van der Waals surface area contributed by atoms with Crippen LogP contribution in [0.2, 0.25) is 0 Å². The minimum atomic E-state index is -3.55. The van der Waals surface area contributed by atoms with Gasteiger partial charge in [-0.1, -0.05) is 0 Å². The fourth-order valence-corrected chi connectivity index (χ4v) is 3.27. The number of nitrogens with zero attached hydrogens (tertiary/aromatic N) is 2. The van der Waals surface area contributed by atoms with Gasteiger partial charge in [0.15, 0.2) is 5.78 Å². The van der Waals surface area contributed by atoms with Gasteiger partial charge in [-0.25, -0.2) is 8.42 Å². The van der Waals surface area contributed by atoms with Gasteiger partial charge in [0.25, 0.3) is 0 Å². The van der Waals surface area contributed by atoms with Crippen LogP contribution in [0.25, 0.3) is 0 Å². The van der Waals surface area contributed by atoms with Gasteiger partial charge in [0.1, 0.15) is 0 Å². The van der Waals surface area contributed by atoms with E-state index in [-0.39, 0.29) is 24.7 Å². The van der Waals surface area contributed by atoms with E-state index < -0.39 is 10.0 Å². The van der Waals surface area contributed by atoms with Crippen LogP contribution in [0.1, 0.15) is 29.3 Å². The van der Waals surface area contributed by atoms with Crippen molar-refractivity contribution in [3.05, 3.63) is 59.9 Å². The lowest BCUT2D eigenvalue weighted by molar-refractivity contribution is -0.121. The molecule has 0 aliphatic carbocycles. The van der Waals surface area contributed by atoms with Crippen molar-refractivity contribution in [3.63, 3.8) is 0 Å². The minimum absolute atomic E-state index is 0.0143. The third kappa shape index (κ3) is 5.66. The number of rotatable bonds is 8. The van der Waals surface area contributed by atoms with Gasteiger partial charge in [0.2, 0.25) is 15.9 Å². The Kier molecular flexibility index (Phi) is 6.46. The molecule has 0 saturated carbocycles. The van der Waals surface area contributed by atoms with Gasteiger partial charge >= 0.3 is 0 Å². The van der Waals surface area contributed by atoms with E-state index in [9.17, 15) is 18.0 Å². The molecule has 1 N–H and O–H groups in total. The molecule has 0 fully saturated rings. The zero-order valence-electron chi connectivity index (χ0n) is 14.7. The van der Waals surface area contributed by atoms with Crippen LogP contribution in [0.4, 0.5) is 5.69 Å². The van der Waals surface area contributed by atoms with E-state index in [1.165, 1.54) is 6.92 Å². The van der Waals surface area contributed by atoms with Gasteiger partial charge in [0, 0.05) is 37.5 Å². The lowest BCUT2D eigenvalue weighted by atomic mass is 10.1. The van der Waals surface area contributed by atoms with Crippen molar-refractivity contribution in [2.24, 2.45) is 0 Å². The summed E-state index contributed by atoms with van der Waals surface area (Å²) >= 11 is 0. The molecule has 1 aromatic heterocycles. The van der Waals surface area contributed by atoms with E-state index in [0.717, 1.165) is 16.1 Å². The summed E-state index contributed by atoms with van der Waals surface area (Å²) in [6.07, 6.45) is 4.38. The molecule has 26 heavy (non-hydrogen) atoms. The Balaban J connectivity index is 2.00. The van der Waals surface area contributed by atoms with Crippen molar-refractivity contribution in [2.45, 2.75) is 19.9 Å². The average Bonchev–Trinajstić information content (AvgIpc) is 2.60. The lowest BCUT2D eigenvalue weighted by Crippen LogP contribution is -2.34. The van der Waals surface area contributed by atoms with Crippen LogP contribution in [0, 0.1) is 0 Å². The largest absolute Gasteiger partial charge is 0.352 e. The highest BCUT2D eigenvalue weighted by Crippen LogP contribution is 2.19. The average molecular weight is 375 g/mol. The summed E-state index contributed by atoms with van der Waals surface area (Å²) in [5, 5.41) is 2.75. The molecule has 0 saturated heterocycles. The number of aromatic nitrogens is 1. The van der Waals surface area contributed by atoms with Crippen LogP contribution in [0.15, 0.2) is 48.8 Å². The smallest absolute Gasteiger partial charge is 0.232 e. The molecule has 1 amide bonds. The number of hydrogen-bond acceptors (Lipinski definition) is 5. The monoisotopic (exact) mass is 375 g/mol. The van der Waals surface area contributed by atoms with Crippen molar-refractivity contribution < 1.29 is 18.0 Å². The number of carbonyl (C=O) groups excluding carboxylic acids is 2. The summed E-state index contributed by atoms with van der Waals surface area (Å²) in [5.41, 5.74) is 1.82. The van der Waals surface area contributed by atoms with Crippen LogP contribution in [0.3, 0.4) is 0 Å². The first-order valence-corrected chi connectivity index (χ1v) is 9.86. The highest BCUT2D eigenvalue weighted by Gasteiger charge is 2.18. The van der Waals surface area contributed by atoms with Gasteiger partial charge in [0.05, 0.1) is 11.9 Å². The summed E-state index contributed by atoms with van der Waals surface area (Å²) in [4.78, 5) is 27.3. The number of hydrogen-bond donors (Lipinski definition) is 1. The highest BCUT2D eigenvalue weighted by atomic mass is 32.2. The van der Waals surface area contributed by atoms with E-state index in [1.807, 2.05) is 0 Å². The zero-order valence-corrected chi connectivity index (χ0v) is 15.5. The van der Waals surface area contributed by atoms with E-state index in [0.29, 0.717) is 17.8 Å². The molecule has 0 atom stereocenters. The number of Topliss-reactive ketones (excluding diaryl/α,β-unsaturated/α-hetero) is 1. The predicted octanol–water partition coefficient (Wildman–Crippen LogP) is 1.76. The fourth-order valence-electron chi connectivity index (χ4n) is 2.34. The Bertz CT molecular complexity index is 865. The molecule has 0 radical (unpaired) electrons. The van der Waals surface area contributed by atoms with Gasteiger partial charge in [-0.15, -0.1) is 0 Å². The molecule has 1 heterocycles. The molecule has 2 aromatic rings. The first-order chi connectivity index (χ1) is 12.3. The standard InChI is InChI=1S/C18H21N3O4S/c1-14(22)16-3-5-17(6-4-16)21(26(2,24)25)12-9-18(23)20-13-15-7-10-19-11-8-15/h3-8,10-11H,9,12-13H2,1-2H3,(H,20,23). The Morgan fingerprint density at radius 2 is 1.69 bits per heavy atom. The van der Waals surface area contributed by atoms with Crippen LogP contribution in [0.5, 0.6) is 0 Å². The molecule has 1 aromatic carbocycles. The van der Waals surface area contributed by atoms with E-state index in [2.05, 4.69) is 10.3 Å². The molecule has 0 unspecified atom stereocenters. The molecular formula is C18H21N3O4S. The third-order valence-electron chi connectivity index (χ3n) is 3.74. The maximum absolute atomic E-state index is 12.1. The Morgan fingerprint density at radius 3 is 2.23 bits per heavy atom. The molecule has 138 valence electrons. The number of carbonyl (C=O) groups is 2.